The maximum absolute atomic E-state index is 11.9. The van der Waals surface area contributed by atoms with Crippen LogP contribution >= 0.6 is 0 Å². The Kier molecular flexibility index (Phi) is 4.32. The van der Waals surface area contributed by atoms with E-state index < -0.39 is 12.0 Å². The van der Waals surface area contributed by atoms with E-state index in [2.05, 4.69) is 0 Å². The number of hydrogen-bond donors (Lipinski definition) is 0. The van der Waals surface area contributed by atoms with Gasteiger partial charge >= 0.3 is 6.18 Å². The van der Waals surface area contributed by atoms with E-state index >= 15 is 0 Å². The second-order valence-corrected chi connectivity index (χ2v) is 3.63. The highest BCUT2D eigenvalue weighted by Gasteiger charge is 2.36. The second kappa shape index (κ2) is 5.53. The van der Waals surface area contributed by atoms with Crippen LogP contribution in [0.4, 0.5) is 13.2 Å². The van der Waals surface area contributed by atoms with Crippen LogP contribution in [0, 0.1) is 11.3 Å². The van der Waals surface area contributed by atoms with Crippen LogP contribution in [0.5, 0.6) is 0 Å². The number of allylic oxidation sites excluding steroid dienone is 3. The van der Waals surface area contributed by atoms with Crippen LogP contribution in [-0.2, 0) is 4.79 Å². The molecule has 0 aromatic heterocycles. The lowest BCUT2D eigenvalue weighted by Crippen LogP contribution is -2.20. The number of nitriles is 1. The average molecular weight is 244 g/mol. The summed E-state index contributed by atoms with van der Waals surface area (Å²) in [7, 11) is 0. The Morgan fingerprint density at radius 3 is 2.29 bits per heavy atom. The zero-order valence-electron chi connectivity index (χ0n) is 9.00. The van der Waals surface area contributed by atoms with Crippen LogP contribution in [-0.4, -0.2) is 29.9 Å². The number of nitrogens with zero attached hydrogens (tertiary/aromatic N) is 2. The Morgan fingerprint density at radius 2 is 1.82 bits per heavy atom. The molecule has 1 aliphatic rings. The number of likely N-dealkylation sites (tertiary alicyclic amines) is 1. The van der Waals surface area contributed by atoms with Gasteiger partial charge in [-0.05, 0) is 25.0 Å². The normalized spacial score (nSPS) is 17.5. The van der Waals surface area contributed by atoms with E-state index in [0.717, 1.165) is 32.0 Å². The van der Waals surface area contributed by atoms with Gasteiger partial charge in [0.15, 0.2) is 0 Å². The molecule has 0 radical (unpaired) electrons. The standard InChI is InChI=1S/C11H11F3N2O/c12-11(13,14)10(17)4-3-9(7-15)8-16-5-1-2-6-16/h3-4,8H,1-2,5-6H2. The molecule has 0 saturated carbocycles. The minimum Gasteiger partial charge on any atom is -0.376 e. The van der Waals surface area contributed by atoms with Crippen LogP contribution in [0.2, 0.25) is 0 Å². The van der Waals surface area contributed by atoms with E-state index in [4.69, 9.17) is 5.26 Å². The lowest BCUT2D eigenvalue weighted by atomic mass is 10.2. The van der Waals surface area contributed by atoms with Gasteiger partial charge in [-0.3, -0.25) is 4.79 Å². The lowest BCUT2D eigenvalue weighted by molar-refractivity contribution is -0.165. The van der Waals surface area contributed by atoms with E-state index in [1.54, 1.807) is 6.07 Å². The van der Waals surface area contributed by atoms with E-state index in [-0.39, 0.29) is 5.57 Å². The summed E-state index contributed by atoms with van der Waals surface area (Å²) >= 11 is 0. The molecule has 0 aromatic carbocycles. The van der Waals surface area contributed by atoms with Crippen LogP contribution in [0.25, 0.3) is 0 Å². The third kappa shape index (κ3) is 4.31. The molecular formula is C11H11F3N2O. The van der Waals surface area contributed by atoms with Gasteiger partial charge in [0.25, 0.3) is 5.78 Å². The number of ketones is 1. The van der Waals surface area contributed by atoms with Crippen molar-refractivity contribution in [1.82, 2.24) is 4.90 Å². The number of halogens is 3. The second-order valence-electron chi connectivity index (χ2n) is 3.63. The molecule has 0 unspecified atom stereocenters. The van der Waals surface area contributed by atoms with Gasteiger partial charge in [-0.25, -0.2) is 0 Å². The number of hydrogen-bond acceptors (Lipinski definition) is 3. The Balaban J connectivity index is 2.67. The molecule has 6 heteroatoms. The summed E-state index contributed by atoms with van der Waals surface area (Å²) in [6.07, 6.45) is -0.127. The third-order valence-electron chi connectivity index (χ3n) is 2.29. The molecular weight excluding hydrogens is 233 g/mol. The van der Waals surface area contributed by atoms with Gasteiger partial charge in [0.1, 0.15) is 6.07 Å². The minimum atomic E-state index is -4.88. The van der Waals surface area contributed by atoms with E-state index in [1.165, 1.54) is 6.20 Å². The number of carbonyl (C=O) groups is 1. The van der Waals surface area contributed by atoms with Crippen molar-refractivity contribution in [3.63, 3.8) is 0 Å². The van der Waals surface area contributed by atoms with Crippen LogP contribution < -0.4 is 0 Å². The van der Waals surface area contributed by atoms with Crippen molar-refractivity contribution < 1.29 is 18.0 Å². The van der Waals surface area contributed by atoms with Gasteiger partial charge in [-0.2, -0.15) is 18.4 Å². The van der Waals surface area contributed by atoms with Gasteiger partial charge in [0.2, 0.25) is 0 Å². The van der Waals surface area contributed by atoms with Gasteiger partial charge < -0.3 is 4.90 Å². The fourth-order valence-corrected chi connectivity index (χ4v) is 1.44. The van der Waals surface area contributed by atoms with Crippen molar-refractivity contribution in [2.45, 2.75) is 19.0 Å². The highest BCUT2D eigenvalue weighted by atomic mass is 19.4. The number of carbonyl (C=O) groups excluding carboxylic acids is 1. The van der Waals surface area contributed by atoms with E-state index in [1.807, 2.05) is 4.90 Å². The van der Waals surface area contributed by atoms with Crippen molar-refractivity contribution in [2.75, 3.05) is 13.1 Å². The zero-order valence-corrected chi connectivity index (χ0v) is 9.00. The molecule has 1 fully saturated rings. The largest absolute Gasteiger partial charge is 0.454 e. The molecule has 17 heavy (non-hydrogen) atoms. The first-order valence-electron chi connectivity index (χ1n) is 5.08. The topological polar surface area (TPSA) is 44.1 Å². The van der Waals surface area contributed by atoms with Crippen molar-refractivity contribution in [3.8, 4) is 6.07 Å². The summed E-state index contributed by atoms with van der Waals surface area (Å²) in [6.45, 7) is 1.57. The Hall–Kier alpha value is -1.77. The molecule has 0 aromatic rings. The number of alkyl halides is 3. The monoisotopic (exact) mass is 244 g/mol. The fraction of sp³-hybridized carbons (Fsp3) is 0.455. The smallest absolute Gasteiger partial charge is 0.376 e. The van der Waals surface area contributed by atoms with E-state index in [9.17, 15) is 18.0 Å². The molecule has 0 bridgehead atoms. The average Bonchev–Trinajstić information content (AvgIpc) is 2.74. The van der Waals surface area contributed by atoms with Crippen LogP contribution in [0.1, 0.15) is 12.8 Å². The molecule has 0 atom stereocenters. The lowest BCUT2D eigenvalue weighted by Gasteiger charge is -2.10. The van der Waals surface area contributed by atoms with Gasteiger partial charge in [-0.1, -0.05) is 0 Å². The molecule has 0 aliphatic carbocycles. The van der Waals surface area contributed by atoms with Gasteiger partial charge in [-0.15, -0.1) is 0 Å². The Bertz CT molecular complexity index is 385. The minimum absolute atomic E-state index is 0.0458. The summed E-state index contributed by atoms with van der Waals surface area (Å²) in [4.78, 5) is 12.4. The summed E-state index contributed by atoms with van der Waals surface area (Å²) in [5.74, 6) is -1.96. The molecule has 1 rings (SSSR count). The highest BCUT2D eigenvalue weighted by molar-refractivity contribution is 5.94. The molecule has 1 saturated heterocycles. The van der Waals surface area contributed by atoms with Crippen LogP contribution in [0.15, 0.2) is 23.9 Å². The van der Waals surface area contributed by atoms with Crippen molar-refractivity contribution in [3.05, 3.63) is 23.9 Å². The third-order valence-corrected chi connectivity index (χ3v) is 2.29. The molecule has 1 aliphatic heterocycles. The maximum atomic E-state index is 11.9. The summed E-state index contributed by atoms with van der Waals surface area (Å²) in [5.41, 5.74) is 0.0458. The predicted molar refractivity (Wildman–Crippen MR) is 54.7 cm³/mol. The quantitative estimate of drug-likeness (QED) is 0.434. The molecule has 92 valence electrons. The summed E-state index contributed by atoms with van der Waals surface area (Å²) in [6, 6.07) is 1.75. The summed E-state index contributed by atoms with van der Waals surface area (Å²) in [5, 5.41) is 8.71. The van der Waals surface area contributed by atoms with Crippen LogP contribution in [0.3, 0.4) is 0 Å². The first kappa shape index (κ1) is 13.3. The first-order chi connectivity index (χ1) is 7.93. The van der Waals surface area contributed by atoms with Crippen molar-refractivity contribution in [1.29, 1.82) is 5.26 Å². The highest BCUT2D eigenvalue weighted by Crippen LogP contribution is 2.17. The molecule has 0 amide bonds. The fourth-order valence-electron chi connectivity index (χ4n) is 1.44. The van der Waals surface area contributed by atoms with Crippen molar-refractivity contribution in [2.24, 2.45) is 0 Å². The van der Waals surface area contributed by atoms with Crippen molar-refractivity contribution >= 4 is 5.78 Å². The SMILES string of the molecule is N#CC(C=CC(=O)C(F)(F)F)=CN1CCCC1. The maximum Gasteiger partial charge on any atom is 0.454 e. The zero-order chi connectivity index (χ0) is 12.9. The predicted octanol–water partition coefficient (Wildman–Crippen LogP) is 2.18. The summed E-state index contributed by atoms with van der Waals surface area (Å²) < 4.78 is 35.7. The van der Waals surface area contributed by atoms with Gasteiger partial charge in [0, 0.05) is 19.3 Å². The molecule has 1 heterocycles. The molecule has 3 nitrogen and oxygen atoms in total. The Morgan fingerprint density at radius 1 is 1.24 bits per heavy atom. The Labute approximate surface area is 96.8 Å². The van der Waals surface area contributed by atoms with E-state index in [0.29, 0.717) is 6.08 Å². The number of rotatable bonds is 3. The molecule has 0 spiro atoms. The first-order valence-corrected chi connectivity index (χ1v) is 5.08. The van der Waals surface area contributed by atoms with Gasteiger partial charge in [0.05, 0.1) is 5.57 Å². The molecule has 0 N–H and O–H groups in total.